The molecule has 96 valence electrons. The molecule has 0 bridgehead atoms. The number of fused-ring (bicyclic) bond motifs is 1. The van der Waals surface area contributed by atoms with Gasteiger partial charge in [-0.3, -0.25) is 9.38 Å². The number of hydrogen-bond donors (Lipinski definition) is 1. The largest absolute Gasteiger partial charge is 0.316 e. The Bertz CT molecular complexity index is 539. The van der Waals surface area contributed by atoms with Crippen molar-refractivity contribution in [1.82, 2.24) is 24.9 Å². The minimum atomic E-state index is 0.0220. The Kier molecular flexibility index (Phi) is 2.78. The van der Waals surface area contributed by atoms with Crippen LogP contribution >= 0.6 is 0 Å². The molecule has 2 aromatic rings. The second-order valence-electron chi connectivity index (χ2n) is 5.59. The number of nitrogens with one attached hydrogen (secondary N) is 1. The van der Waals surface area contributed by atoms with E-state index in [4.69, 9.17) is 0 Å². The average molecular weight is 245 g/mol. The molecule has 1 fully saturated rings. The summed E-state index contributed by atoms with van der Waals surface area (Å²) in [4.78, 5) is 4.09. The predicted octanol–water partition coefficient (Wildman–Crippen LogP) is 1.40. The van der Waals surface area contributed by atoms with Gasteiger partial charge >= 0.3 is 0 Å². The Balaban J connectivity index is 2.01. The molecule has 0 amide bonds. The zero-order chi connectivity index (χ0) is 12.6. The molecule has 3 rings (SSSR count). The van der Waals surface area contributed by atoms with Crippen molar-refractivity contribution in [3.8, 4) is 0 Å². The van der Waals surface area contributed by atoms with Gasteiger partial charge in [0.15, 0.2) is 5.65 Å². The summed E-state index contributed by atoms with van der Waals surface area (Å²) >= 11 is 0. The first-order chi connectivity index (χ1) is 8.69. The topological polar surface area (TPSA) is 55.1 Å². The highest BCUT2D eigenvalue weighted by molar-refractivity contribution is 5.35. The number of aromatic nitrogens is 4. The fraction of sp³-hybridized carbons (Fsp3) is 0.615. The molecule has 5 nitrogen and oxygen atoms in total. The molecular formula is C13H19N5. The maximum absolute atomic E-state index is 4.39. The van der Waals surface area contributed by atoms with Crippen LogP contribution in [0, 0.1) is 5.92 Å². The third-order valence-corrected chi connectivity index (χ3v) is 4.11. The van der Waals surface area contributed by atoms with Crippen LogP contribution in [0.5, 0.6) is 0 Å². The summed E-state index contributed by atoms with van der Waals surface area (Å²) in [5, 5.41) is 12.1. The Morgan fingerprint density at radius 1 is 1.39 bits per heavy atom. The van der Waals surface area contributed by atoms with E-state index in [1.54, 1.807) is 12.4 Å². The van der Waals surface area contributed by atoms with Crippen molar-refractivity contribution in [3.05, 3.63) is 24.4 Å². The molecule has 1 aliphatic rings. The highest BCUT2D eigenvalue weighted by Crippen LogP contribution is 2.34. The Labute approximate surface area is 107 Å². The van der Waals surface area contributed by atoms with Gasteiger partial charge in [-0.15, -0.1) is 10.2 Å². The molecule has 5 heteroatoms. The lowest BCUT2D eigenvalue weighted by molar-refractivity contribution is 0.240. The minimum absolute atomic E-state index is 0.0220. The van der Waals surface area contributed by atoms with E-state index in [1.807, 2.05) is 6.20 Å². The van der Waals surface area contributed by atoms with Crippen molar-refractivity contribution in [2.45, 2.75) is 32.1 Å². The van der Waals surface area contributed by atoms with Crippen molar-refractivity contribution < 1.29 is 0 Å². The molecule has 1 atom stereocenters. The zero-order valence-electron chi connectivity index (χ0n) is 10.9. The fourth-order valence-corrected chi connectivity index (χ4v) is 2.84. The number of hydrogen-bond acceptors (Lipinski definition) is 4. The second kappa shape index (κ2) is 4.31. The molecule has 0 aliphatic carbocycles. The highest BCUT2D eigenvalue weighted by atomic mass is 15.3. The van der Waals surface area contributed by atoms with Crippen LogP contribution in [0.15, 0.2) is 18.6 Å². The number of rotatable bonds is 2. The monoisotopic (exact) mass is 245 g/mol. The molecule has 1 unspecified atom stereocenters. The van der Waals surface area contributed by atoms with Gasteiger partial charge in [-0.2, -0.15) is 0 Å². The summed E-state index contributed by atoms with van der Waals surface area (Å²) < 4.78 is 2.06. The first kappa shape index (κ1) is 11.6. The van der Waals surface area contributed by atoms with Crippen molar-refractivity contribution in [1.29, 1.82) is 0 Å². The normalized spacial score (nSPS) is 21.3. The lowest BCUT2D eigenvalue weighted by atomic mass is 9.74. The van der Waals surface area contributed by atoms with Crippen LogP contribution in [0.4, 0.5) is 0 Å². The van der Waals surface area contributed by atoms with Crippen molar-refractivity contribution >= 4 is 5.65 Å². The molecule has 0 radical (unpaired) electrons. The van der Waals surface area contributed by atoms with Gasteiger partial charge < -0.3 is 5.32 Å². The molecule has 3 heterocycles. The van der Waals surface area contributed by atoms with Gasteiger partial charge in [-0.1, -0.05) is 13.8 Å². The van der Waals surface area contributed by atoms with E-state index in [0.717, 1.165) is 24.6 Å². The van der Waals surface area contributed by atoms with E-state index in [1.165, 1.54) is 12.8 Å². The smallest absolute Gasteiger partial charge is 0.179 e. The molecule has 0 saturated carbocycles. The van der Waals surface area contributed by atoms with Crippen LogP contribution in [0.2, 0.25) is 0 Å². The number of piperidine rings is 1. The Morgan fingerprint density at radius 3 is 3.06 bits per heavy atom. The molecular weight excluding hydrogens is 226 g/mol. The second-order valence-corrected chi connectivity index (χ2v) is 5.59. The number of nitrogens with zero attached hydrogens (tertiary/aromatic N) is 4. The fourth-order valence-electron chi connectivity index (χ4n) is 2.84. The van der Waals surface area contributed by atoms with Crippen LogP contribution in [0.1, 0.15) is 32.5 Å². The SMILES string of the molecule is CC(C)(c1nnc2cnccn12)C1CCCNC1. The van der Waals surface area contributed by atoms with Crippen molar-refractivity contribution in [2.75, 3.05) is 13.1 Å². The van der Waals surface area contributed by atoms with Gasteiger partial charge in [0.25, 0.3) is 0 Å². The molecule has 0 spiro atoms. The van der Waals surface area contributed by atoms with Gasteiger partial charge in [0.05, 0.1) is 6.20 Å². The Morgan fingerprint density at radius 2 is 2.28 bits per heavy atom. The first-order valence-corrected chi connectivity index (χ1v) is 6.55. The van der Waals surface area contributed by atoms with E-state index in [-0.39, 0.29) is 5.41 Å². The van der Waals surface area contributed by atoms with Crippen LogP contribution in [0.3, 0.4) is 0 Å². The van der Waals surface area contributed by atoms with Gasteiger partial charge in [-0.05, 0) is 31.8 Å². The Hall–Kier alpha value is -1.49. The molecule has 18 heavy (non-hydrogen) atoms. The van der Waals surface area contributed by atoms with E-state index < -0.39 is 0 Å². The lowest BCUT2D eigenvalue weighted by Gasteiger charge is -2.35. The van der Waals surface area contributed by atoms with Crippen LogP contribution < -0.4 is 5.32 Å². The van der Waals surface area contributed by atoms with Gasteiger partial charge in [0.2, 0.25) is 0 Å². The van der Waals surface area contributed by atoms with Gasteiger partial charge in [0.1, 0.15) is 5.82 Å². The molecule has 2 aromatic heterocycles. The lowest BCUT2D eigenvalue weighted by Crippen LogP contribution is -2.41. The molecule has 0 aromatic carbocycles. The van der Waals surface area contributed by atoms with Gasteiger partial charge in [-0.25, -0.2) is 0 Å². The van der Waals surface area contributed by atoms with Crippen molar-refractivity contribution in [2.24, 2.45) is 5.92 Å². The van der Waals surface area contributed by atoms with E-state index in [9.17, 15) is 0 Å². The first-order valence-electron chi connectivity index (χ1n) is 6.55. The summed E-state index contributed by atoms with van der Waals surface area (Å²) in [5.41, 5.74) is 0.845. The average Bonchev–Trinajstić information content (AvgIpc) is 2.84. The van der Waals surface area contributed by atoms with E-state index in [0.29, 0.717) is 5.92 Å². The highest BCUT2D eigenvalue weighted by Gasteiger charge is 2.36. The standard InChI is InChI=1S/C13H19N5/c1-13(2,10-4-3-5-14-8-10)12-17-16-11-9-15-6-7-18(11)12/h6-7,9-10,14H,3-5,8H2,1-2H3. The summed E-state index contributed by atoms with van der Waals surface area (Å²) in [6.45, 7) is 6.73. The van der Waals surface area contributed by atoms with Crippen molar-refractivity contribution in [3.63, 3.8) is 0 Å². The molecule has 1 aliphatic heterocycles. The minimum Gasteiger partial charge on any atom is -0.316 e. The maximum Gasteiger partial charge on any atom is 0.179 e. The summed E-state index contributed by atoms with van der Waals surface area (Å²) in [6.07, 6.45) is 7.98. The van der Waals surface area contributed by atoms with E-state index >= 15 is 0 Å². The third-order valence-electron chi connectivity index (χ3n) is 4.11. The molecule has 1 saturated heterocycles. The van der Waals surface area contributed by atoms with Crippen LogP contribution in [-0.2, 0) is 5.41 Å². The zero-order valence-corrected chi connectivity index (χ0v) is 10.9. The van der Waals surface area contributed by atoms with Crippen LogP contribution in [0.25, 0.3) is 5.65 Å². The van der Waals surface area contributed by atoms with E-state index in [2.05, 4.69) is 38.7 Å². The summed E-state index contributed by atoms with van der Waals surface area (Å²) in [7, 11) is 0. The molecule has 1 N–H and O–H groups in total. The predicted molar refractivity (Wildman–Crippen MR) is 69.4 cm³/mol. The third kappa shape index (κ3) is 1.79. The summed E-state index contributed by atoms with van der Waals surface area (Å²) in [6, 6.07) is 0. The summed E-state index contributed by atoms with van der Waals surface area (Å²) in [5.74, 6) is 1.64. The maximum atomic E-state index is 4.39. The van der Waals surface area contributed by atoms with Crippen LogP contribution in [-0.4, -0.2) is 32.7 Å². The van der Waals surface area contributed by atoms with Gasteiger partial charge in [0, 0.05) is 17.8 Å². The quantitative estimate of drug-likeness (QED) is 0.869.